The first-order chi connectivity index (χ1) is 6.59. The lowest BCUT2D eigenvalue weighted by molar-refractivity contribution is 0.197. The van der Waals surface area contributed by atoms with Crippen LogP contribution in [0, 0.1) is 5.92 Å². The van der Waals surface area contributed by atoms with Crippen molar-refractivity contribution in [2.24, 2.45) is 5.92 Å². The van der Waals surface area contributed by atoms with Crippen LogP contribution in [-0.2, 0) is 0 Å². The molecule has 0 saturated carbocycles. The maximum absolute atomic E-state index is 10.9. The van der Waals surface area contributed by atoms with Crippen LogP contribution in [0.3, 0.4) is 0 Å². The predicted octanol–water partition coefficient (Wildman–Crippen LogP) is 2.17. The van der Waals surface area contributed by atoms with E-state index in [1.807, 2.05) is 7.05 Å². The van der Waals surface area contributed by atoms with Gasteiger partial charge in [0, 0.05) is 29.5 Å². The van der Waals surface area contributed by atoms with Gasteiger partial charge in [-0.15, -0.1) is 0 Å². The van der Waals surface area contributed by atoms with E-state index in [9.17, 15) is 4.79 Å². The molecule has 0 aromatic heterocycles. The third-order valence-electron chi connectivity index (χ3n) is 3.01. The number of carbonyl (C=O) groups excluding carboxylic acids is 1. The molecule has 14 heavy (non-hydrogen) atoms. The summed E-state index contributed by atoms with van der Waals surface area (Å²) in [4.78, 5) is 15.0. The third kappa shape index (κ3) is 3.96. The van der Waals surface area contributed by atoms with Crippen LogP contribution in [0.1, 0.15) is 19.3 Å². The maximum Gasteiger partial charge on any atom is 0.289 e. The number of nitrogens with zero attached hydrogens (tertiary/aromatic N) is 2. The number of halogens is 1. The Morgan fingerprint density at radius 1 is 1.50 bits per heavy atom. The van der Waals surface area contributed by atoms with Gasteiger partial charge < -0.3 is 9.80 Å². The van der Waals surface area contributed by atoms with Crippen molar-refractivity contribution in [3.05, 3.63) is 0 Å². The molecule has 0 atom stereocenters. The van der Waals surface area contributed by atoms with E-state index in [1.54, 1.807) is 4.90 Å². The Morgan fingerprint density at radius 3 is 2.57 bits per heavy atom. The molecule has 0 bridgehead atoms. The van der Waals surface area contributed by atoms with Gasteiger partial charge in [-0.05, 0) is 45.3 Å². The molecule has 0 aromatic carbocycles. The molecule has 3 nitrogen and oxygen atoms in total. The van der Waals surface area contributed by atoms with Crippen molar-refractivity contribution in [3.63, 3.8) is 0 Å². The molecule has 1 aliphatic rings. The summed E-state index contributed by atoms with van der Waals surface area (Å²) in [6.45, 7) is 3.28. The van der Waals surface area contributed by atoms with Crippen molar-refractivity contribution in [1.29, 1.82) is 0 Å². The summed E-state index contributed by atoms with van der Waals surface area (Å²) in [7, 11) is 4.01. The van der Waals surface area contributed by atoms with Crippen LogP contribution >= 0.6 is 15.9 Å². The molecule has 0 N–H and O–H groups in total. The Bertz CT molecular complexity index is 191. The highest BCUT2D eigenvalue weighted by Crippen LogP contribution is 2.19. The first-order valence-corrected chi connectivity index (χ1v) is 5.98. The minimum atomic E-state index is -0.00886. The Balaban J connectivity index is 2.16. The molecular weight excluding hydrogens is 244 g/mol. The second-order valence-corrected chi connectivity index (χ2v) is 4.89. The average molecular weight is 263 g/mol. The second kappa shape index (κ2) is 5.71. The molecule has 1 aliphatic heterocycles. The van der Waals surface area contributed by atoms with E-state index < -0.39 is 0 Å². The van der Waals surface area contributed by atoms with Gasteiger partial charge >= 0.3 is 0 Å². The first-order valence-electron chi connectivity index (χ1n) is 5.18. The van der Waals surface area contributed by atoms with E-state index in [-0.39, 0.29) is 4.82 Å². The molecule has 82 valence electrons. The summed E-state index contributed by atoms with van der Waals surface area (Å²) in [5, 5.41) is 0. The molecule has 0 aliphatic carbocycles. The molecule has 0 unspecified atom stereocenters. The molecule has 1 fully saturated rings. The third-order valence-corrected chi connectivity index (χ3v) is 3.62. The maximum atomic E-state index is 10.9. The topological polar surface area (TPSA) is 23.6 Å². The average Bonchev–Trinajstić information content (AvgIpc) is 2.16. The van der Waals surface area contributed by atoms with Crippen LogP contribution in [0.15, 0.2) is 0 Å². The van der Waals surface area contributed by atoms with Crippen molar-refractivity contribution in [2.75, 3.05) is 33.7 Å². The molecule has 1 saturated heterocycles. The summed E-state index contributed by atoms with van der Waals surface area (Å²) in [5.74, 6) is 0.806. The lowest BCUT2D eigenvalue weighted by Crippen LogP contribution is -2.32. The minimum absolute atomic E-state index is 0.00886. The molecule has 0 spiro atoms. The quantitative estimate of drug-likeness (QED) is 0.575. The van der Waals surface area contributed by atoms with Crippen molar-refractivity contribution < 1.29 is 4.79 Å². The summed E-state index contributed by atoms with van der Waals surface area (Å²) in [6, 6.07) is 0. The van der Waals surface area contributed by atoms with Crippen molar-refractivity contribution in [1.82, 2.24) is 9.80 Å². The van der Waals surface area contributed by atoms with E-state index in [0.29, 0.717) is 0 Å². The highest BCUT2D eigenvalue weighted by Gasteiger charge is 2.17. The molecule has 4 heteroatoms. The van der Waals surface area contributed by atoms with Gasteiger partial charge in [-0.2, -0.15) is 0 Å². The Morgan fingerprint density at radius 2 is 2.07 bits per heavy atom. The number of carbonyl (C=O) groups is 1. The summed E-state index contributed by atoms with van der Waals surface area (Å²) in [5.41, 5.74) is 0. The van der Waals surface area contributed by atoms with E-state index in [4.69, 9.17) is 0 Å². The Labute approximate surface area is 94.6 Å². The van der Waals surface area contributed by atoms with Gasteiger partial charge in [0.15, 0.2) is 0 Å². The van der Waals surface area contributed by atoms with E-state index in [0.717, 1.165) is 18.9 Å². The molecule has 1 rings (SSSR count). The zero-order valence-electron chi connectivity index (χ0n) is 9.00. The summed E-state index contributed by atoms with van der Waals surface area (Å²) >= 11 is 2.95. The van der Waals surface area contributed by atoms with Crippen molar-refractivity contribution in [3.8, 4) is 0 Å². The second-order valence-electron chi connectivity index (χ2n) is 4.21. The molecule has 0 aromatic rings. The molecule has 1 heterocycles. The van der Waals surface area contributed by atoms with Crippen LogP contribution in [0.5, 0.6) is 0 Å². The monoisotopic (exact) mass is 262 g/mol. The normalized spacial score (nSPS) is 19.6. The number of piperidine rings is 1. The fourth-order valence-electron chi connectivity index (χ4n) is 1.81. The highest BCUT2D eigenvalue weighted by atomic mass is 79.9. The van der Waals surface area contributed by atoms with Gasteiger partial charge in [0.05, 0.1) is 0 Å². The number of hydrogen-bond donors (Lipinski definition) is 0. The van der Waals surface area contributed by atoms with Crippen LogP contribution in [0.25, 0.3) is 0 Å². The molecular formula is C10H19BrN2O. The molecule has 0 radical (unpaired) electrons. The fraction of sp³-hybridized carbons (Fsp3) is 0.900. The van der Waals surface area contributed by atoms with Crippen LogP contribution < -0.4 is 0 Å². The van der Waals surface area contributed by atoms with Crippen LogP contribution in [0.4, 0.5) is 4.79 Å². The van der Waals surface area contributed by atoms with Crippen LogP contribution in [-0.4, -0.2) is 48.3 Å². The minimum Gasteiger partial charge on any atom is -0.336 e. The van der Waals surface area contributed by atoms with E-state index in [2.05, 4.69) is 27.9 Å². The number of rotatable bonds is 3. The van der Waals surface area contributed by atoms with Crippen LogP contribution in [0.2, 0.25) is 0 Å². The number of hydrogen-bond acceptors (Lipinski definition) is 2. The largest absolute Gasteiger partial charge is 0.336 e. The highest BCUT2D eigenvalue weighted by molar-refractivity contribution is 9.18. The standard InChI is InChI=1S/C10H19BrN2O/c1-12-6-3-9(4-7-12)5-8-13(2)10(11)14/h9H,3-8H2,1-2H3. The van der Waals surface area contributed by atoms with Gasteiger partial charge in [-0.3, -0.25) is 4.79 Å². The van der Waals surface area contributed by atoms with Gasteiger partial charge in [0.1, 0.15) is 0 Å². The molecule has 1 amide bonds. The van der Waals surface area contributed by atoms with Gasteiger partial charge in [-0.1, -0.05) is 0 Å². The van der Waals surface area contributed by atoms with Gasteiger partial charge in [-0.25, -0.2) is 0 Å². The predicted molar refractivity (Wildman–Crippen MR) is 61.8 cm³/mol. The van der Waals surface area contributed by atoms with Crippen molar-refractivity contribution in [2.45, 2.75) is 19.3 Å². The fourth-order valence-corrected chi connectivity index (χ4v) is 1.99. The van der Waals surface area contributed by atoms with E-state index in [1.165, 1.54) is 25.9 Å². The number of likely N-dealkylation sites (tertiary alicyclic amines) is 1. The first kappa shape index (κ1) is 12.0. The lowest BCUT2D eigenvalue weighted by Gasteiger charge is -2.29. The van der Waals surface area contributed by atoms with Gasteiger partial charge in [0.2, 0.25) is 0 Å². The van der Waals surface area contributed by atoms with Crippen molar-refractivity contribution >= 4 is 20.7 Å². The smallest absolute Gasteiger partial charge is 0.289 e. The number of amides is 1. The lowest BCUT2D eigenvalue weighted by atomic mass is 9.94. The zero-order valence-corrected chi connectivity index (χ0v) is 10.6. The van der Waals surface area contributed by atoms with Gasteiger partial charge in [0.25, 0.3) is 4.82 Å². The Hall–Kier alpha value is -0.0900. The van der Waals surface area contributed by atoms with E-state index >= 15 is 0 Å². The Kier molecular flexibility index (Phi) is 4.89. The summed E-state index contributed by atoms with van der Waals surface area (Å²) < 4.78 is 0. The zero-order chi connectivity index (χ0) is 10.6. The SMILES string of the molecule is CN1CCC(CCN(C)C(=O)Br)CC1. The summed E-state index contributed by atoms with van der Waals surface area (Å²) in [6.07, 6.45) is 3.70.